The van der Waals surface area contributed by atoms with E-state index in [-0.39, 0.29) is 22.6 Å². The molecule has 76 valence electrons. The number of hydrogen-bond acceptors (Lipinski definition) is 5. The van der Waals surface area contributed by atoms with Gasteiger partial charge in [-0.3, -0.25) is 14.9 Å². The number of carbonyl (C=O) groups excluding carboxylic acids is 1. The second-order valence-corrected chi connectivity index (χ2v) is 2.60. The van der Waals surface area contributed by atoms with Gasteiger partial charge in [0.25, 0.3) is 0 Å². The van der Waals surface area contributed by atoms with Gasteiger partial charge in [0.15, 0.2) is 12.0 Å². The molecule has 0 radical (unpaired) electrons. The summed E-state index contributed by atoms with van der Waals surface area (Å²) in [6.45, 7) is 0. The first kappa shape index (κ1) is 10.7. The average Bonchev–Trinajstić information content (AvgIpc) is 2.26. The van der Waals surface area contributed by atoms with Gasteiger partial charge in [-0.2, -0.15) is 5.26 Å². The molecule has 0 saturated heterocycles. The summed E-state index contributed by atoms with van der Waals surface area (Å²) in [5.41, 5.74) is -0.309. The van der Waals surface area contributed by atoms with E-state index in [0.717, 1.165) is 6.07 Å². The number of nitro groups is 1. The summed E-state index contributed by atoms with van der Waals surface area (Å²) in [7, 11) is 1.25. The quantitative estimate of drug-likeness (QED) is 0.422. The Morgan fingerprint density at radius 3 is 2.67 bits per heavy atom. The lowest BCUT2D eigenvalue weighted by molar-refractivity contribution is -0.385. The van der Waals surface area contributed by atoms with Crippen LogP contribution in [-0.2, 0) is 0 Å². The SMILES string of the molecule is COc1cc(C#N)c(C=O)cc1[N+](=O)[O-]. The minimum Gasteiger partial charge on any atom is -0.490 e. The number of methoxy groups -OCH3 is 1. The molecule has 1 rings (SSSR count). The van der Waals surface area contributed by atoms with Crippen LogP contribution in [0.2, 0.25) is 0 Å². The third-order valence-electron chi connectivity index (χ3n) is 1.80. The van der Waals surface area contributed by atoms with Crippen molar-refractivity contribution in [3.8, 4) is 11.8 Å². The van der Waals surface area contributed by atoms with Gasteiger partial charge >= 0.3 is 5.69 Å². The van der Waals surface area contributed by atoms with E-state index in [4.69, 9.17) is 10.00 Å². The third kappa shape index (κ3) is 1.91. The van der Waals surface area contributed by atoms with Crippen molar-refractivity contribution in [3.63, 3.8) is 0 Å². The van der Waals surface area contributed by atoms with Gasteiger partial charge in [-0.05, 0) is 0 Å². The lowest BCUT2D eigenvalue weighted by atomic mass is 10.1. The Morgan fingerprint density at radius 2 is 2.27 bits per heavy atom. The fourth-order valence-electron chi connectivity index (χ4n) is 1.09. The zero-order chi connectivity index (χ0) is 11.4. The van der Waals surface area contributed by atoms with Gasteiger partial charge in [-0.1, -0.05) is 0 Å². The Hall–Kier alpha value is -2.42. The zero-order valence-corrected chi connectivity index (χ0v) is 7.76. The highest BCUT2D eigenvalue weighted by Gasteiger charge is 2.18. The summed E-state index contributed by atoms with van der Waals surface area (Å²) in [6.07, 6.45) is 0.394. The second kappa shape index (κ2) is 4.19. The molecule has 6 heteroatoms. The van der Waals surface area contributed by atoms with Crippen LogP contribution in [0, 0.1) is 21.4 Å². The first-order chi connectivity index (χ1) is 7.13. The first-order valence-electron chi connectivity index (χ1n) is 3.85. The number of carbonyl (C=O) groups is 1. The Balaban J connectivity index is 3.49. The molecule has 1 aromatic carbocycles. The number of nitrogens with zero attached hydrogens (tertiary/aromatic N) is 2. The van der Waals surface area contributed by atoms with Crippen molar-refractivity contribution in [2.75, 3.05) is 7.11 Å². The summed E-state index contributed by atoms with van der Waals surface area (Å²) in [5.74, 6) is -0.0397. The number of ether oxygens (including phenoxy) is 1. The van der Waals surface area contributed by atoms with Crippen LogP contribution >= 0.6 is 0 Å². The topological polar surface area (TPSA) is 93.2 Å². The van der Waals surface area contributed by atoms with Gasteiger partial charge in [0.2, 0.25) is 0 Å². The smallest absolute Gasteiger partial charge is 0.311 e. The molecule has 0 saturated carbocycles. The molecule has 0 aliphatic carbocycles. The number of nitro benzene ring substituents is 1. The van der Waals surface area contributed by atoms with Gasteiger partial charge < -0.3 is 4.74 Å². The van der Waals surface area contributed by atoms with Crippen LogP contribution in [0.15, 0.2) is 12.1 Å². The second-order valence-electron chi connectivity index (χ2n) is 2.60. The maximum atomic E-state index is 10.6. The Kier molecular flexibility index (Phi) is 2.98. The van der Waals surface area contributed by atoms with E-state index in [0.29, 0.717) is 6.29 Å². The summed E-state index contributed by atoms with van der Waals surface area (Å²) in [6, 6.07) is 3.94. The molecule has 1 aromatic rings. The van der Waals surface area contributed by atoms with Crippen molar-refractivity contribution in [2.45, 2.75) is 0 Å². The largest absolute Gasteiger partial charge is 0.490 e. The van der Waals surface area contributed by atoms with E-state index in [1.54, 1.807) is 6.07 Å². The molecular formula is C9H6N2O4. The van der Waals surface area contributed by atoms with E-state index in [1.807, 2.05) is 0 Å². The Morgan fingerprint density at radius 1 is 1.60 bits per heavy atom. The first-order valence-corrected chi connectivity index (χ1v) is 3.85. The molecule has 0 spiro atoms. The third-order valence-corrected chi connectivity index (χ3v) is 1.80. The minimum absolute atomic E-state index is 0.0231. The van der Waals surface area contributed by atoms with Crippen LogP contribution in [0.1, 0.15) is 15.9 Å². The van der Waals surface area contributed by atoms with Crippen molar-refractivity contribution in [2.24, 2.45) is 0 Å². The van der Waals surface area contributed by atoms with E-state index in [9.17, 15) is 14.9 Å². The lowest BCUT2D eigenvalue weighted by Crippen LogP contribution is -1.97. The fourth-order valence-corrected chi connectivity index (χ4v) is 1.09. The number of hydrogen-bond donors (Lipinski definition) is 0. The molecule has 0 amide bonds. The van der Waals surface area contributed by atoms with Crippen molar-refractivity contribution >= 4 is 12.0 Å². The summed E-state index contributed by atoms with van der Waals surface area (Å²) < 4.78 is 4.74. The lowest BCUT2D eigenvalue weighted by Gasteiger charge is -2.02. The highest BCUT2D eigenvalue weighted by atomic mass is 16.6. The minimum atomic E-state index is -0.674. The molecule has 0 unspecified atom stereocenters. The van der Waals surface area contributed by atoms with Crippen molar-refractivity contribution in [1.29, 1.82) is 5.26 Å². The molecule has 6 nitrogen and oxygen atoms in total. The van der Waals surface area contributed by atoms with Crippen LogP contribution in [0.25, 0.3) is 0 Å². The fraction of sp³-hybridized carbons (Fsp3) is 0.111. The zero-order valence-electron chi connectivity index (χ0n) is 7.76. The van der Waals surface area contributed by atoms with Crippen LogP contribution in [-0.4, -0.2) is 18.3 Å². The molecule has 0 aromatic heterocycles. The van der Waals surface area contributed by atoms with Crippen molar-refractivity contribution in [1.82, 2.24) is 0 Å². The monoisotopic (exact) mass is 206 g/mol. The molecule has 15 heavy (non-hydrogen) atoms. The highest BCUT2D eigenvalue weighted by Crippen LogP contribution is 2.29. The predicted octanol–water partition coefficient (Wildman–Crippen LogP) is 1.29. The summed E-state index contributed by atoms with van der Waals surface area (Å²) in [4.78, 5) is 20.4. The molecule has 0 fully saturated rings. The van der Waals surface area contributed by atoms with Gasteiger partial charge in [0.1, 0.15) is 6.07 Å². The van der Waals surface area contributed by atoms with Gasteiger partial charge in [-0.15, -0.1) is 0 Å². The number of nitriles is 1. The van der Waals surface area contributed by atoms with Crippen LogP contribution in [0.5, 0.6) is 5.75 Å². The van der Waals surface area contributed by atoms with Crippen molar-refractivity contribution < 1.29 is 14.5 Å². The van der Waals surface area contributed by atoms with Crippen LogP contribution in [0.3, 0.4) is 0 Å². The number of aldehydes is 1. The molecular weight excluding hydrogens is 200 g/mol. The number of benzene rings is 1. The molecule has 0 N–H and O–H groups in total. The molecule has 0 aliphatic rings. The van der Waals surface area contributed by atoms with Crippen LogP contribution < -0.4 is 4.74 Å². The molecule has 0 heterocycles. The maximum absolute atomic E-state index is 10.6. The average molecular weight is 206 g/mol. The molecule has 0 aliphatic heterocycles. The summed E-state index contributed by atoms with van der Waals surface area (Å²) >= 11 is 0. The van der Waals surface area contributed by atoms with E-state index in [2.05, 4.69) is 0 Å². The van der Waals surface area contributed by atoms with E-state index >= 15 is 0 Å². The standard InChI is InChI=1S/C9H6N2O4/c1-15-9-3-6(4-10)7(5-12)2-8(9)11(13)14/h2-3,5H,1H3. The van der Waals surface area contributed by atoms with Crippen LogP contribution in [0.4, 0.5) is 5.69 Å². The molecule has 0 atom stereocenters. The van der Waals surface area contributed by atoms with Gasteiger partial charge in [0.05, 0.1) is 17.6 Å². The normalized spacial score (nSPS) is 9.07. The summed E-state index contributed by atoms with van der Waals surface area (Å²) in [5, 5.41) is 19.2. The van der Waals surface area contributed by atoms with Gasteiger partial charge in [0, 0.05) is 17.7 Å². The number of rotatable bonds is 3. The molecule has 0 bridgehead atoms. The Labute approximate surface area is 84.8 Å². The Bertz CT molecular complexity index is 462. The van der Waals surface area contributed by atoms with E-state index < -0.39 is 4.92 Å². The predicted molar refractivity (Wildman–Crippen MR) is 49.8 cm³/mol. The highest BCUT2D eigenvalue weighted by molar-refractivity contribution is 5.81. The maximum Gasteiger partial charge on any atom is 0.311 e. The van der Waals surface area contributed by atoms with Crippen molar-refractivity contribution in [3.05, 3.63) is 33.4 Å². The van der Waals surface area contributed by atoms with Gasteiger partial charge in [-0.25, -0.2) is 0 Å². The van der Waals surface area contributed by atoms with E-state index in [1.165, 1.54) is 13.2 Å².